The van der Waals surface area contributed by atoms with Crippen molar-refractivity contribution in [1.29, 1.82) is 0 Å². The van der Waals surface area contributed by atoms with Crippen molar-refractivity contribution in [2.45, 2.75) is 44.8 Å². The highest BCUT2D eigenvalue weighted by Gasteiger charge is 2.22. The zero-order valence-electron chi connectivity index (χ0n) is 14.8. The third-order valence-corrected chi connectivity index (χ3v) is 7.60. The minimum absolute atomic E-state index is 0.160. The Hall–Kier alpha value is -1.03. The first-order chi connectivity index (χ1) is 10.0. The van der Waals surface area contributed by atoms with Crippen molar-refractivity contribution in [3.63, 3.8) is 0 Å². The van der Waals surface area contributed by atoms with Crippen LogP contribution in [0.5, 0.6) is 0 Å². The van der Waals surface area contributed by atoms with E-state index in [-0.39, 0.29) is 22.5 Å². The molecule has 0 unspecified atom stereocenters. The van der Waals surface area contributed by atoms with Gasteiger partial charge in [0.2, 0.25) is 0 Å². The van der Waals surface area contributed by atoms with Gasteiger partial charge in [-0.1, -0.05) is 20.8 Å². The molecule has 0 atom stereocenters. The summed E-state index contributed by atoms with van der Waals surface area (Å²) in [5.41, 5.74) is 0.305. The number of unbranched alkanes of at least 4 members (excludes halogenated alkanes) is 2. The Morgan fingerprint density at radius 3 is 2.09 bits per heavy atom. The average molecular weight is 330 g/mol. The standard InChI is InChI=1S/C10H13NO3.C7H18S/c12-7-3-1-2-6-11-9(8-13)4-5-10(11)14;1-7(2,3)8(4,5)6/h4-5,12H,1-3,6-7H2;1-6H3. The maximum absolute atomic E-state index is 11.2. The molecule has 1 N–H and O–H groups in total. The van der Waals surface area contributed by atoms with Gasteiger partial charge in [-0.15, -0.1) is 0 Å². The fourth-order valence-corrected chi connectivity index (χ4v) is 1.33. The lowest BCUT2D eigenvalue weighted by Crippen LogP contribution is -2.25. The summed E-state index contributed by atoms with van der Waals surface area (Å²) >= 11 is 0. The van der Waals surface area contributed by atoms with Gasteiger partial charge in [0.1, 0.15) is 5.70 Å². The highest BCUT2D eigenvalue weighted by Crippen LogP contribution is 2.48. The Labute approximate surface area is 136 Å². The van der Waals surface area contributed by atoms with Crippen LogP contribution in [-0.2, 0) is 9.59 Å². The Morgan fingerprint density at radius 1 is 1.14 bits per heavy atom. The van der Waals surface area contributed by atoms with Gasteiger partial charge in [-0.2, -0.15) is 0 Å². The molecule has 0 saturated heterocycles. The second kappa shape index (κ2) is 9.19. The van der Waals surface area contributed by atoms with Crippen LogP contribution in [0, 0.1) is 0 Å². The first-order valence-corrected chi connectivity index (χ1v) is 10.4. The van der Waals surface area contributed by atoms with E-state index in [0.29, 0.717) is 17.0 Å². The summed E-state index contributed by atoms with van der Waals surface area (Å²) < 4.78 is 0.521. The normalized spacial score (nSPS) is 15.5. The van der Waals surface area contributed by atoms with E-state index in [9.17, 15) is 9.59 Å². The van der Waals surface area contributed by atoms with Crippen LogP contribution in [0.2, 0.25) is 0 Å². The number of aliphatic hydroxyl groups is 1. The van der Waals surface area contributed by atoms with Crippen molar-refractivity contribution in [2.75, 3.05) is 31.9 Å². The molecule has 0 spiro atoms. The molecule has 1 amide bonds. The number of carbonyl (C=O) groups is 1. The Morgan fingerprint density at radius 2 is 1.68 bits per heavy atom. The van der Waals surface area contributed by atoms with E-state index in [0.717, 1.165) is 19.3 Å². The first kappa shape index (κ1) is 21.0. The predicted octanol–water partition coefficient (Wildman–Crippen LogP) is 2.74. The smallest absolute Gasteiger partial charge is 0.251 e. The predicted molar refractivity (Wildman–Crippen MR) is 96.1 cm³/mol. The van der Waals surface area contributed by atoms with E-state index in [1.807, 2.05) is 0 Å². The van der Waals surface area contributed by atoms with Gasteiger partial charge in [-0.3, -0.25) is 9.69 Å². The minimum Gasteiger partial charge on any atom is -0.396 e. The van der Waals surface area contributed by atoms with Crippen LogP contribution >= 0.6 is 10.0 Å². The second-order valence-electron chi connectivity index (χ2n) is 7.04. The van der Waals surface area contributed by atoms with E-state index in [1.165, 1.54) is 17.1 Å². The fourth-order valence-electron chi connectivity index (χ4n) is 1.33. The molecule has 4 nitrogen and oxygen atoms in total. The molecule has 22 heavy (non-hydrogen) atoms. The van der Waals surface area contributed by atoms with Crippen LogP contribution in [0.3, 0.4) is 0 Å². The van der Waals surface area contributed by atoms with Crippen molar-refractivity contribution in [3.05, 3.63) is 17.8 Å². The maximum Gasteiger partial charge on any atom is 0.251 e. The van der Waals surface area contributed by atoms with E-state index in [1.54, 1.807) is 5.94 Å². The number of carbonyl (C=O) groups excluding carboxylic acids is 2. The van der Waals surface area contributed by atoms with Crippen LogP contribution in [0.25, 0.3) is 0 Å². The van der Waals surface area contributed by atoms with Gasteiger partial charge in [0.05, 0.1) is 0 Å². The quantitative estimate of drug-likeness (QED) is 0.623. The highest BCUT2D eigenvalue weighted by molar-refractivity contribution is 8.33. The number of amides is 1. The number of rotatable bonds is 5. The van der Waals surface area contributed by atoms with Crippen molar-refractivity contribution < 1.29 is 14.7 Å². The lowest BCUT2D eigenvalue weighted by Gasteiger charge is -2.40. The lowest BCUT2D eigenvalue weighted by atomic mass is 10.2. The summed E-state index contributed by atoms with van der Waals surface area (Å²) in [7, 11) is -0.340. The molecule has 0 fully saturated rings. The Bertz CT molecular complexity index is 426. The van der Waals surface area contributed by atoms with Gasteiger partial charge < -0.3 is 5.11 Å². The minimum atomic E-state index is -0.340. The summed E-state index contributed by atoms with van der Waals surface area (Å²) in [5.74, 6) is 1.56. The molecule has 0 radical (unpaired) electrons. The van der Waals surface area contributed by atoms with Gasteiger partial charge in [0.15, 0.2) is 5.94 Å². The summed E-state index contributed by atoms with van der Waals surface area (Å²) in [6, 6.07) is 0. The summed E-state index contributed by atoms with van der Waals surface area (Å²) in [6.45, 7) is 7.62. The van der Waals surface area contributed by atoms with E-state index in [2.05, 4.69) is 39.5 Å². The molecular formula is C17H31NO3S. The van der Waals surface area contributed by atoms with Crippen LogP contribution in [0.4, 0.5) is 0 Å². The largest absolute Gasteiger partial charge is 0.396 e. The van der Waals surface area contributed by atoms with Gasteiger partial charge in [0.25, 0.3) is 5.91 Å². The fraction of sp³-hybridized carbons (Fsp3) is 0.706. The van der Waals surface area contributed by atoms with Crippen LogP contribution in [0.15, 0.2) is 17.8 Å². The summed E-state index contributed by atoms with van der Waals surface area (Å²) in [6.07, 6.45) is 12.3. The SMILES string of the molecule is CC(C)(C)S(C)(C)C.O=C=C1C=CC(=O)N1CCCCCO. The van der Waals surface area contributed by atoms with E-state index in [4.69, 9.17) is 5.11 Å². The molecule has 1 aliphatic rings. The zero-order valence-corrected chi connectivity index (χ0v) is 15.6. The lowest BCUT2D eigenvalue weighted by molar-refractivity contribution is -0.123. The first-order valence-electron chi connectivity index (χ1n) is 7.58. The number of allylic oxidation sites excluding steroid dienone is 1. The molecular weight excluding hydrogens is 298 g/mol. The number of hydrogen-bond acceptors (Lipinski definition) is 3. The molecule has 1 heterocycles. The van der Waals surface area contributed by atoms with Crippen molar-refractivity contribution in [2.24, 2.45) is 0 Å². The van der Waals surface area contributed by atoms with E-state index < -0.39 is 0 Å². The monoisotopic (exact) mass is 329 g/mol. The van der Waals surface area contributed by atoms with Crippen LogP contribution in [-0.4, -0.2) is 58.5 Å². The molecule has 128 valence electrons. The van der Waals surface area contributed by atoms with Crippen LogP contribution in [0.1, 0.15) is 40.0 Å². The molecule has 0 bridgehead atoms. The van der Waals surface area contributed by atoms with Crippen molar-refractivity contribution in [1.82, 2.24) is 4.90 Å². The number of hydrogen-bond donors (Lipinski definition) is 1. The summed E-state index contributed by atoms with van der Waals surface area (Å²) in [4.78, 5) is 23.0. The van der Waals surface area contributed by atoms with Gasteiger partial charge in [-0.25, -0.2) is 14.8 Å². The van der Waals surface area contributed by atoms with Crippen molar-refractivity contribution >= 4 is 21.9 Å². The van der Waals surface area contributed by atoms with Gasteiger partial charge in [0, 0.05) is 19.2 Å². The van der Waals surface area contributed by atoms with Gasteiger partial charge in [-0.05, 0) is 48.9 Å². The molecule has 5 heteroatoms. The molecule has 0 aromatic heterocycles. The number of aliphatic hydroxyl groups excluding tert-OH is 1. The molecule has 1 rings (SSSR count). The third kappa shape index (κ3) is 7.30. The Kier molecular flexibility index (Phi) is 8.76. The topological polar surface area (TPSA) is 57.6 Å². The van der Waals surface area contributed by atoms with E-state index >= 15 is 0 Å². The maximum atomic E-state index is 11.2. The third-order valence-electron chi connectivity index (χ3n) is 3.92. The molecule has 0 aromatic rings. The highest BCUT2D eigenvalue weighted by atomic mass is 32.3. The summed E-state index contributed by atoms with van der Waals surface area (Å²) in [5, 5.41) is 8.55. The number of nitrogens with zero attached hydrogens (tertiary/aromatic N) is 1. The Balaban J connectivity index is 0.000000472. The average Bonchev–Trinajstić information content (AvgIpc) is 2.74. The molecule has 0 saturated carbocycles. The van der Waals surface area contributed by atoms with Crippen LogP contribution < -0.4 is 0 Å². The molecule has 0 aromatic carbocycles. The van der Waals surface area contributed by atoms with Crippen molar-refractivity contribution in [3.8, 4) is 0 Å². The zero-order chi connectivity index (χ0) is 17.4. The molecule has 0 aliphatic carbocycles. The molecule has 1 aliphatic heterocycles. The second-order valence-corrected chi connectivity index (χ2v) is 11.9. The van der Waals surface area contributed by atoms with Gasteiger partial charge >= 0.3 is 0 Å².